The summed E-state index contributed by atoms with van der Waals surface area (Å²) in [5, 5.41) is 7.26. The fourth-order valence-electron chi connectivity index (χ4n) is 3.01. The van der Waals surface area contributed by atoms with Crippen molar-refractivity contribution in [3.63, 3.8) is 0 Å². The van der Waals surface area contributed by atoms with Gasteiger partial charge in [0.15, 0.2) is 5.11 Å². The SMILES string of the molecule is Cc1ccccc1NC(=S)NC[C@@H](c1ccco1)N1CCCC1. The number of anilines is 1. The van der Waals surface area contributed by atoms with Gasteiger partial charge in [0.2, 0.25) is 0 Å². The van der Waals surface area contributed by atoms with E-state index in [1.165, 1.54) is 18.4 Å². The molecule has 1 fully saturated rings. The molecule has 1 saturated heterocycles. The van der Waals surface area contributed by atoms with Crippen LogP contribution in [0.25, 0.3) is 0 Å². The molecule has 122 valence electrons. The fraction of sp³-hybridized carbons (Fsp3) is 0.389. The average Bonchev–Trinajstić information content (AvgIpc) is 3.23. The molecule has 1 aliphatic rings. The minimum absolute atomic E-state index is 0.226. The summed E-state index contributed by atoms with van der Waals surface area (Å²) in [6.07, 6.45) is 4.24. The monoisotopic (exact) mass is 329 g/mol. The number of hydrogen-bond acceptors (Lipinski definition) is 3. The van der Waals surface area contributed by atoms with Gasteiger partial charge in [-0.3, -0.25) is 4.90 Å². The number of nitrogens with one attached hydrogen (secondary N) is 2. The van der Waals surface area contributed by atoms with Crippen molar-refractivity contribution in [3.05, 3.63) is 54.0 Å². The molecule has 1 aromatic carbocycles. The van der Waals surface area contributed by atoms with E-state index in [-0.39, 0.29) is 6.04 Å². The molecule has 0 bridgehead atoms. The van der Waals surface area contributed by atoms with Gasteiger partial charge < -0.3 is 15.1 Å². The highest BCUT2D eigenvalue weighted by molar-refractivity contribution is 7.80. The number of thiocarbonyl (C=S) groups is 1. The van der Waals surface area contributed by atoms with E-state index in [0.29, 0.717) is 5.11 Å². The van der Waals surface area contributed by atoms with E-state index >= 15 is 0 Å². The first-order valence-corrected chi connectivity index (χ1v) is 8.53. The summed E-state index contributed by atoms with van der Waals surface area (Å²) < 4.78 is 5.63. The predicted molar refractivity (Wildman–Crippen MR) is 97.7 cm³/mol. The average molecular weight is 329 g/mol. The van der Waals surface area contributed by atoms with Crippen LogP contribution in [0.5, 0.6) is 0 Å². The van der Waals surface area contributed by atoms with E-state index in [1.54, 1.807) is 6.26 Å². The van der Waals surface area contributed by atoms with Crippen molar-refractivity contribution in [1.29, 1.82) is 0 Å². The second kappa shape index (κ2) is 7.62. The first-order valence-electron chi connectivity index (χ1n) is 8.12. The van der Waals surface area contributed by atoms with Gasteiger partial charge in [0.1, 0.15) is 5.76 Å². The standard InChI is InChI=1S/C18H23N3OS/c1-14-7-2-3-8-15(14)20-18(23)19-13-16(17-9-6-12-22-17)21-10-4-5-11-21/h2-3,6-9,12,16H,4-5,10-11,13H2,1H3,(H2,19,20,23)/t16-/m0/s1. The summed E-state index contributed by atoms with van der Waals surface area (Å²) in [5.41, 5.74) is 2.22. The number of nitrogens with zero attached hydrogens (tertiary/aromatic N) is 1. The summed E-state index contributed by atoms with van der Waals surface area (Å²) in [7, 11) is 0. The smallest absolute Gasteiger partial charge is 0.170 e. The van der Waals surface area contributed by atoms with Crippen LogP contribution < -0.4 is 10.6 Å². The molecule has 4 nitrogen and oxygen atoms in total. The van der Waals surface area contributed by atoms with Crippen molar-refractivity contribution < 1.29 is 4.42 Å². The largest absolute Gasteiger partial charge is 0.468 e. The van der Waals surface area contributed by atoms with Crippen LogP contribution in [0.3, 0.4) is 0 Å². The van der Waals surface area contributed by atoms with E-state index in [4.69, 9.17) is 16.6 Å². The Morgan fingerprint density at radius 2 is 2.00 bits per heavy atom. The van der Waals surface area contributed by atoms with Crippen molar-refractivity contribution in [3.8, 4) is 0 Å². The minimum Gasteiger partial charge on any atom is -0.468 e. The summed E-state index contributed by atoms with van der Waals surface area (Å²) in [6.45, 7) is 5.04. The highest BCUT2D eigenvalue weighted by Crippen LogP contribution is 2.25. The zero-order valence-electron chi connectivity index (χ0n) is 13.4. The Balaban J connectivity index is 1.60. The van der Waals surface area contributed by atoms with Gasteiger partial charge in [-0.15, -0.1) is 0 Å². The predicted octanol–water partition coefficient (Wildman–Crippen LogP) is 3.71. The molecule has 2 heterocycles. The van der Waals surface area contributed by atoms with E-state index in [1.807, 2.05) is 30.3 Å². The van der Waals surface area contributed by atoms with Gasteiger partial charge in [-0.1, -0.05) is 18.2 Å². The summed E-state index contributed by atoms with van der Waals surface area (Å²) in [6, 6.07) is 12.4. The third-order valence-electron chi connectivity index (χ3n) is 4.30. The molecule has 3 rings (SSSR count). The maximum absolute atomic E-state index is 5.63. The Morgan fingerprint density at radius 1 is 1.22 bits per heavy atom. The highest BCUT2D eigenvalue weighted by Gasteiger charge is 2.25. The van der Waals surface area contributed by atoms with Gasteiger partial charge in [0.05, 0.1) is 12.3 Å². The second-order valence-corrected chi connectivity index (χ2v) is 6.33. The zero-order chi connectivity index (χ0) is 16.1. The Hall–Kier alpha value is -1.85. The van der Waals surface area contributed by atoms with Crippen LogP contribution >= 0.6 is 12.2 Å². The van der Waals surface area contributed by atoms with Crippen molar-refractivity contribution in [1.82, 2.24) is 10.2 Å². The third-order valence-corrected chi connectivity index (χ3v) is 4.55. The lowest BCUT2D eigenvalue weighted by molar-refractivity contribution is 0.216. The summed E-state index contributed by atoms with van der Waals surface area (Å²) >= 11 is 5.45. The van der Waals surface area contributed by atoms with Crippen molar-refractivity contribution in [2.24, 2.45) is 0 Å². The molecule has 0 aliphatic carbocycles. The van der Waals surface area contributed by atoms with Crippen LogP contribution in [-0.2, 0) is 0 Å². The molecule has 2 aromatic rings. The molecule has 0 amide bonds. The summed E-state index contributed by atoms with van der Waals surface area (Å²) in [4.78, 5) is 2.46. The van der Waals surface area contributed by atoms with Gasteiger partial charge in [-0.2, -0.15) is 0 Å². The molecule has 1 aliphatic heterocycles. The Kier molecular flexibility index (Phi) is 5.31. The lowest BCUT2D eigenvalue weighted by atomic mass is 10.2. The Morgan fingerprint density at radius 3 is 2.70 bits per heavy atom. The van der Waals surface area contributed by atoms with Crippen LogP contribution in [0.2, 0.25) is 0 Å². The Labute approximate surface area is 142 Å². The van der Waals surface area contributed by atoms with E-state index in [2.05, 4.69) is 28.5 Å². The highest BCUT2D eigenvalue weighted by atomic mass is 32.1. The number of hydrogen-bond donors (Lipinski definition) is 2. The van der Waals surface area contributed by atoms with Crippen molar-refractivity contribution in [2.75, 3.05) is 25.0 Å². The molecular formula is C18H23N3OS. The normalized spacial score (nSPS) is 16.2. The van der Waals surface area contributed by atoms with Crippen LogP contribution in [0, 0.1) is 6.92 Å². The van der Waals surface area contributed by atoms with Crippen LogP contribution in [0.15, 0.2) is 47.1 Å². The third kappa shape index (κ3) is 4.12. The topological polar surface area (TPSA) is 40.4 Å². The maximum Gasteiger partial charge on any atom is 0.170 e. The van der Waals surface area contributed by atoms with Crippen LogP contribution in [0.4, 0.5) is 5.69 Å². The Bertz CT molecular complexity index is 635. The number of rotatable bonds is 5. The molecule has 0 saturated carbocycles. The lowest BCUT2D eigenvalue weighted by Crippen LogP contribution is -2.38. The number of likely N-dealkylation sites (tertiary alicyclic amines) is 1. The molecule has 5 heteroatoms. The van der Waals surface area contributed by atoms with Crippen molar-refractivity contribution in [2.45, 2.75) is 25.8 Å². The van der Waals surface area contributed by atoms with Crippen LogP contribution in [0.1, 0.15) is 30.2 Å². The lowest BCUT2D eigenvalue weighted by Gasteiger charge is -2.26. The van der Waals surface area contributed by atoms with E-state index in [0.717, 1.165) is 31.1 Å². The first-order chi connectivity index (χ1) is 11.2. The zero-order valence-corrected chi connectivity index (χ0v) is 14.2. The quantitative estimate of drug-likeness (QED) is 0.818. The number of benzene rings is 1. The van der Waals surface area contributed by atoms with Crippen LogP contribution in [-0.4, -0.2) is 29.6 Å². The molecule has 0 unspecified atom stereocenters. The van der Waals surface area contributed by atoms with Gasteiger partial charge >= 0.3 is 0 Å². The van der Waals surface area contributed by atoms with E-state index < -0.39 is 0 Å². The number of furan rings is 1. The van der Waals surface area contributed by atoms with Gasteiger partial charge in [-0.25, -0.2) is 0 Å². The molecule has 23 heavy (non-hydrogen) atoms. The van der Waals surface area contributed by atoms with E-state index in [9.17, 15) is 0 Å². The molecule has 1 aromatic heterocycles. The van der Waals surface area contributed by atoms with Gasteiger partial charge in [0, 0.05) is 12.2 Å². The summed E-state index contributed by atoms with van der Waals surface area (Å²) in [5.74, 6) is 0.998. The number of aryl methyl sites for hydroxylation is 1. The van der Waals surface area contributed by atoms with Gasteiger partial charge in [0.25, 0.3) is 0 Å². The van der Waals surface area contributed by atoms with Gasteiger partial charge in [-0.05, 0) is 68.8 Å². The number of para-hydroxylation sites is 1. The molecule has 0 radical (unpaired) electrons. The first kappa shape index (κ1) is 16.0. The molecule has 2 N–H and O–H groups in total. The maximum atomic E-state index is 5.63. The molecular weight excluding hydrogens is 306 g/mol. The minimum atomic E-state index is 0.226. The second-order valence-electron chi connectivity index (χ2n) is 5.92. The molecule has 1 atom stereocenters. The molecule has 0 spiro atoms. The fourth-order valence-corrected chi connectivity index (χ4v) is 3.21. The van der Waals surface area contributed by atoms with Crippen molar-refractivity contribution >= 4 is 23.0 Å².